The number of benzene rings is 3. The molecule has 1 aliphatic carbocycles. The lowest BCUT2D eigenvalue weighted by atomic mass is 10.2. The number of hydrogen-bond acceptors (Lipinski definition) is 0. The smallest absolute Gasteiger partial charge is 0.0698 e. The van der Waals surface area contributed by atoms with Crippen LogP contribution < -0.4 is 15.6 Å². The van der Waals surface area contributed by atoms with Gasteiger partial charge in [0, 0.05) is 0 Å². The van der Waals surface area contributed by atoms with E-state index < -0.39 is 8.07 Å². The minimum absolute atomic E-state index is 1.23. The molecule has 27 heavy (non-hydrogen) atoms. The summed E-state index contributed by atoms with van der Waals surface area (Å²) in [5, 5.41) is 6.30. The molecule has 0 amide bonds. The summed E-state index contributed by atoms with van der Waals surface area (Å²) in [6.45, 7) is 2.29. The molecule has 0 radical (unpaired) electrons. The van der Waals surface area contributed by atoms with Gasteiger partial charge in [0.1, 0.15) is 0 Å². The molecule has 0 heterocycles. The van der Waals surface area contributed by atoms with Crippen LogP contribution in [0.15, 0.2) is 102 Å². The van der Waals surface area contributed by atoms with Gasteiger partial charge in [-0.1, -0.05) is 122 Å². The largest absolute Gasteiger partial charge is 0.175 e. The summed E-state index contributed by atoms with van der Waals surface area (Å²) in [5.74, 6) is 0. The number of hydrogen-bond donors (Lipinski definition) is 0. The molecule has 3 aromatic rings. The van der Waals surface area contributed by atoms with E-state index in [2.05, 4.69) is 97.9 Å². The van der Waals surface area contributed by atoms with Crippen LogP contribution in [0.2, 0.25) is 0 Å². The molecule has 136 valence electrons. The molecule has 0 aromatic heterocycles. The second-order valence-corrected chi connectivity index (χ2v) is 11.4. The standard InChI is InChI=1S/C26H28Si/c1-2-3-7-14-22-21-26(22)27(23-15-8-4-9-16-23,24-17-10-5-11-18-24)25-19-12-6-13-20-25/h4-6,8-13,15-20H,2-3,7,14,21H2,1H3. The lowest BCUT2D eigenvalue weighted by Gasteiger charge is -2.32. The molecule has 0 nitrogen and oxygen atoms in total. The van der Waals surface area contributed by atoms with Gasteiger partial charge in [-0.05, 0) is 34.8 Å². The third kappa shape index (κ3) is 3.44. The van der Waals surface area contributed by atoms with Crippen LogP contribution in [0.1, 0.15) is 39.0 Å². The topological polar surface area (TPSA) is 0 Å². The fourth-order valence-electron chi connectivity index (χ4n) is 4.48. The van der Waals surface area contributed by atoms with Crippen LogP contribution in [-0.2, 0) is 0 Å². The summed E-state index contributed by atoms with van der Waals surface area (Å²) in [6, 6.07) is 33.9. The predicted octanol–water partition coefficient (Wildman–Crippen LogP) is 4.98. The van der Waals surface area contributed by atoms with Crippen molar-refractivity contribution in [1.82, 2.24) is 0 Å². The molecule has 0 fully saturated rings. The van der Waals surface area contributed by atoms with Crippen molar-refractivity contribution in [2.24, 2.45) is 0 Å². The van der Waals surface area contributed by atoms with Crippen molar-refractivity contribution in [3.8, 4) is 0 Å². The van der Waals surface area contributed by atoms with E-state index in [1.165, 1.54) is 47.7 Å². The second kappa shape index (κ2) is 8.10. The van der Waals surface area contributed by atoms with E-state index in [1.54, 1.807) is 10.8 Å². The summed E-state index contributed by atoms with van der Waals surface area (Å²) in [6.07, 6.45) is 6.48. The fourth-order valence-corrected chi connectivity index (χ4v) is 9.74. The highest BCUT2D eigenvalue weighted by Gasteiger charge is 2.48. The quantitative estimate of drug-likeness (QED) is 0.299. The monoisotopic (exact) mass is 368 g/mol. The van der Waals surface area contributed by atoms with E-state index in [0.717, 1.165) is 0 Å². The first-order valence-electron chi connectivity index (χ1n) is 10.2. The average Bonchev–Trinajstić information content (AvgIpc) is 3.51. The first kappa shape index (κ1) is 18.0. The number of allylic oxidation sites excluding steroid dienone is 2. The summed E-state index contributed by atoms with van der Waals surface area (Å²) in [4.78, 5) is 0. The summed E-state index contributed by atoms with van der Waals surface area (Å²) >= 11 is 0. The van der Waals surface area contributed by atoms with Gasteiger partial charge in [-0.3, -0.25) is 0 Å². The van der Waals surface area contributed by atoms with Crippen molar-refractivity contribution >= 4 is 23.6 Å². The van der Waals surface area contributed by atoms with Gasteiger partial charge in [0.15, 0.2) is 8.07 Å². The van der Waals surface area contributed by atoms with Crippen molar-refractivity contribution in [3.05, 3.63) is 102 Å². The zero-order chi connectivity index (χ0) is 18.5. The van der Waals surface area contributed by atoms with Crippen LogP contribution in [0.5, 0.6) is 0 Å². The Morgan fingerprint density at radius 2 is 1.07 bits per heavy atom. The van der Waals surface area contributed by atoms with Gasteiger partial charge in [0.25, 0.3) is 0 Å². The first-order chi connectivity index (χ1) is 13.4. The predicted molar refractivity (Wildman–Crippen MR) is 120 cm³/mol. The Kier molecular flexibility index (Phi) is 5.40. The van der Waals surface area contributed by atoms with Crippen molar-refractivity contribution in [2.45, 2.75) is 39.0 Å². The van der Waals surface area contributed by atoms with Crippen LogP contribution in [-0.4, -0.2) is 8.07 Å². The highest BCUT2D eigenvalue weighted by molar-refractivity contribution is 7.16. The molecular weight excluding hydrogens is 340 g/mol. The molecule has 0 saturated carbocycles. The van der Waals surface area contributed by atoms with Crippen molar-refractivity contribution in [1.29, 1.82) is 0 Å². The third-order valence-electron chi connectivity index (χ3n) is 5.85. The highest BCUT2D eigenvalue weighted by Crippen LogP contribution is 2.41. The van der Waals surface area contributed by atoms with Crippen LogP contribution in [0.25, 0.3) is 0 Å². The van der Waals surface area contributed by atoms with Gasteiger partial charge in [0.2, 0.25) is 0 Å². The Bertz CT molecular complexity index is 798. The summed E-state index contributed by atoms with van der Waals surface area (Å²) in [7, 11) is -2.13. The maximum Gasteiger partial charge on any atom is 0.175 e. The fraction of sp³-hybridized carbons (Fsp3) is 0.231. The van der Waals surface area contributed by atoms with Gasteiger partial charge in [0.05, 0.1) is 0 Å². The molecule has 4 rings (SSSR count). The summed E-state index contributed by atoms with van der Waals surface area (Å²) < 4.78 is 0. The Balaban J connectivity index is 1.92. The van der Waals surface area contributed by atoms with Crippen LogP contribution in [0.3, 0.4) is 0 Å². The zero-order valence-corrected chi connectivity index (χ0v) is 17.2. The molecule has 3 aromatic carbocycles. The molecule has 0 unspecified atom stereocenters. The van der Waals surface area contributed by atoms with E-state index >= 15 is 0 Å². The number of unbranched alkanes of at least 4 members (excludes halogenated alkanes) is 2. The molecule has 0 N–H and O–H groups in total. The Morgan fingerprint density at radius 3 is 1.48 bits per heavy atom. The normalized spacial score (nSPS) is 13.7. The molecule has 0 atom stereocenters. The maximum absolute atomic E-state index is 2.36. The minimum Gasteiger partial charge on any atom is -0.0698 e. The van der Waals surface area contributed by atoms with Gasteiger partial charge < -0.3 is 0 Å². The van der Waals surface area contributed by atoms with Crippen molar-refractivity contribution < 1.29 is 0 Å². The van der Waals surface area contributed by atoms with Crippen LogP contribution in [0.4, 0.5) is 0 Å². The molecule has 0 aliphatic heterocycles. The Hall–Kier alpha value is -2.38. The van der Waals surface area contributed by atoms with Crippen LogP contribution in [0, 0.1) is 0 Å². The molecule has 1 heteroatoms. The zero-order valence-electron chi connectivity index (χ0n) is 16.2. The minimum atomic E-state index is -2.13. The van der Waals surface area contributed by atoms with E-state index in [9.17, 15) is 0 Å². The van der Waals surface area contributed by atoms with Crippen molar-refractivity contribution in [3.63, 3.8) is 0 Å². The van der Waals surface area contributed by atoms with Gasteiger partial charge in [-0.15, -0.1) is 0 Å². The van der Waals surface area contributed by atoms with E-state index in [1.807, 2.05) is 0 Å². The highest BCUT2D eigenvalue weighted by atomic mass is 28.3. The van der Waals surface area contributed by atoms with E-state index in [4.69, 9.17) is 0 Å². The molecule has 0 spiro atoms. The van der Waals surface area contributed by atoms with Crippen LogP contribution >= 0.6 is 0 Å². The molecule has 0 bridgehead atoms. The lowest BCUT2D eigenvalue weighted by molar-refractivity contribution is 0.720. The molecular formula is C26H28Si. The van der Waals surface area contributed by atoms with E-state index in [-0.39, 0.29) is 0 Å². The van der Waals surface area contributed by atoms with Gasteiger partial charge in [-0.2, -0.15) is 0 Å². The maximum atomic E-state index is 2.36. The van der Waals surface area contributed by atoms with Gasteiger partial charge in [-0.25, -0.2) is 0 Å². The summed E-state index contributed by atoms with van der Waals surface area (Å²) in [5.41, 5.74) is 1.73. The SMILES string of the molecule is CCCCCC1=C([Si](c2ccccc2)(c2ccccc2)c2ccccc2)C1. The molecule has 0 saturated heterocycles. The second-order valence-electron chi connectivity index (χ2n) is 7.56. The third-order valence-corrected chi connectivity index (χ3v) is 10.9. The number of rotatable bonds is 8. The lowest BCUT2D eigenvalue weighted by Crippen LogP contribution is -2.67. The van der Waals surface area contributed by atoms with E-state index in [0.29, 0.717) is 0 Å². The average molecular weight is 369 g/mol. The Labute approximate surface area is 164 Å². The van der Waals surface area contributed by atoms with Crippen molar-refractivity contribution in [2.75, 3.05) is 0 Å². The van der Waals surface area contributed by atoms with Gasteiger partial charge >= 0.3 is 0 Å². The first-order valence-corrected chi connectivity index (χ1v) is 12.2. The molecule has 1 aliphatic rings. The Morgan fingerprint density at radius 1 is 0.630 bits per heavy atom.